The molecule has 0 saturated heterocycles. The average Bonchev–Trinajstić information content (AvgIpc) is 2.76. The van der Waals surface area contributed by atoms with Crippen molar-refractivity contribution < 1.29 is 31.6 Å². The van der Waals surface area contributed by atoms with Crippen molar-refractivity contribution in [3.63, 3.8) is 0 Å². The SMILES string of the molecule is CC.CO[C@]1(Oc2c(C(C)C)cc(C(C)C)cc2C(C)C)C(F)=C(F)C(SO)C(F)C1F. The number of hydrogen-bond acceptors (Lipinski definition) is 4. The highest BCUT2D eigenvalue weighted by atomic mass is 32.2. The van der Waals surface area contributed by atoms with Gasteiger partial charge in [0, 0.05) is 19.2 Å². The Kier molecular flexibility index (Phi) is 10.6. The fourth-order valence-electron chi connectivity index (χ4n) is 3.52. The van der Waals surface area contributed by atoms with Gasteiger partial charge in [-0.15, -0.1) is 0 Å². The fraction of sp³-hybridized carbons (Fsp3) is 0.667. The molecule has 0 aromatic heterocycles. The molecule has 0 radical (unpaired) electrons. The van der Waals surface area contributed by atoms with Crippen molar-refractivity contribution in [1.82, 2.24) is 0 Å². The third kappa shape index (κ3) is 5.28. The molecule has 1 N–H and O–H groups in total. The van der Waals surface area contributed by atoms with Gasteiger partial charge < -0.3 is 14.0 Å². The van der Waals surface area contributed by atoms with Crippen LogP contribution in [0.25, 0.3) is 0 Å². The molecule has 3 unspecified atom stereocenters. The lowest BCUT2D eigenvalue weighted by molar-refractivity contribution is -0.210. The Morgan fingerprint density at radius 2 is 1.41 bits per heavy atom. The van der Waals surface area contributed by atoms with Crippen LogP contribution in [0.15, 0.2) is 23.8 Å². The molecular weight excluding hydrogens is 444 g/mol. The van der Waals surface area contributed by atoms with Gasteiger partial charge >= 0.3 is 5.79 Å². The molecule has 0 aliphatic heterocycles. The molecule has 0 heterocycles. The quantitative estimate of drug-likeness (QED) is 0.242. The van der Waals surface area contributed by atoms with Crippen LogP contribution in [0.2, 0.25) is 0 Å². The van der Waals surface area contributed by atoms with E-state index in [4.69, 9.17) is 14.0 Å². The first kappa shape index (κ1) is 28.8. The van der Waals surface area contributed by atoms with Crippen molar-refractivity contribution >= 4 is 12.0 Å². The van der Waals surface area contributed by atoms with Crippen LogP contribution < -0.4 is 4.74 Å². The summed E-state index contributed by atoms with van der Waals surface area (Å²) >= 11 is -0.291. The molecule has 2 rings (SSSR count). The van der Waals surface area contributed by atoms with E-state index in [0.717, 1.165) is 12.7 Å². The topological polar surface area (TPSA) is 38.7 Å². The summed E-state index contributed by atoms with van der Waals surface area (Å²) in [5.41, 5.74) is 2.34. The van der Waals surface area contributed by atoms with Crippen LogP contribution in [-0.2, 0) is 4.74 Å². The minimum Gasteiger partial charge on any atom is -0.452 e. The van der Waals surface area contributed by atoms with Gasteiger partial charge in [0.25, 0.3) is 0 Å². The maximum absolute atomic E-state index is 15.1. The number of ether oxygens (including phenoxy) is 2. The highest BCUT2D eigenvalue weighted by Crippen LogP contribution is 2.48. The summed E-state index contributed by atoms with van der Waals surface area (Å²) in [5.74, 6) is -6.12. The summed E-state index contributed by atoms with van der Waals surface area (Å²) in [6, 6.07) is 3.76. The van der Waals surface area contributed by atoms with Crippen LogP contribution in [0.3, 0.4) is 0 Å². The Morgan fingerprint density at radius 3 is 1.75 bits per heavy atom. The number of benzene rings is 1. The van der Waals surface area contributed by atoms with Crippen LogP contribution in [-0.4, -0.2) is 35.0 Å². The molecule has 3 nitrogen and oxygen atoms in total. The largest absolute Gasteiger partial charge is 0.452 e. The summed E-state index contributed by atoms with van der Waals surface area (Å²) in [4.78, 5) is 0. The second-order valence-corrected chi connectivity index (χ2v) is 9.22. The van der Waals surface area contributed by atoms with Crippen LogP contribution in [0.5, 0.6) is 5.75 Å². The first-order valence-corrected chi connectivity index (χ1v) is 11.8. The number of alkyl halides is 2. The predicted molar refractivity (Wildman–Crippen MR) is 123 cm³/mol. The zero-order valence-corrected chi connectivity index (χ0v) is 21.1. The molecule has 8 heteroatoms. The second kappa shape index (κ2) is 11.7. The maximum atomic E-state index is 15.1. The molecule has 1 aromatic carbocycles. The van der Waals surface area contributed by atoms with Crippen molar-refractivity contribution in [1.29, 1.82) is 0 Å². The highest BCUT2D eigenvalue weighted by molar-refractivity contribution is 7.94. The van der Waals surface area contributed by atoms with Gasteiger partial charge in [0.05, 0.1) is 0 Å². The molecule has 4 atom stereocenters. The Labute approximate surface area is 193 Å². The molecule has 1 aliphatic carbocycles. The van der Waals surface area contributed by atoms with Crippen molar-refractivity contribution in [3.8, 4) is 5.75 Å². The maximum Gasteiger partial charge on any atom is 0.300 e. The van der Waals surface area contributed by atoms with E-state index in [1.807, 2.05) is 67.5 Å². The zero-order valence-electron chi connectivity index (χ0n) is 20.3. The first-order valence-electron chi connectivity index (χ1n) is 11.0. The lowest BCUT2D eigenvalue weighted by Gasteiger charge is -2.41. The van der Waals surface area contributed by atoms with E-state index >= 15 is 8.78 Å². The third-order valence-corrected chi connectivity index (χ3v) is 6.14. The average molecular weight is 481 g/mol. The molecule has 184 valence electrons. The van der Waals surface area contributed by atoms with Gasteiger partial charge in [-0.2, -0.15) is 0 Å². The fourth-order valence-corrected chi connectivity index (χ4v) is 3.97. The lowest BCUT2D eigenvalue weighted by Crippen LogP contribution is -2.58. The van der Waals surface area contributed by atoms with Gasteiger partial charge in [-0.1, -0.05) is 67.5 Å². The lowest BCUT2D eigenvalue weighted by atomic mass is 9.87. The number of halogens is 4. The number of rotatable bonds is 7. The highest BCUT2D eigenvalue weighted by Gasteiger charge is 2.60. The molecule has 0 spiro atoms. The Morgan fingerprint density at radius 1 is 0.938 bits per heavy atom. The van der Waals surface area contributed by atoms with Crippen molar-refractivity contribution in [2.75, 3.05) is 7.11 Å². The molecule has 0 amide bonds. The molecule has 1 aliphatic rings. The van der Waals surface area contributed by atoms with E-state index < -0.39 is 35.0 Å². The predicted octanol–water partition coefficient (Wildman–Crippen LogP) is 8.22. The summed E-state index contributed by atoms with van der Waals surface area (Å²) in [6.45, 7) is 15.6. The number of methoxy groups -OCH3 is 1. The monoisotopic (exact) mass is 480 g/mol. The van der Waals surface area contributed by atoms with Crippen LogP contribution in [0, 0.1) is 0 Å². The van der Waals surface area contributed by atoms with E-state index in [2.05, 4.69) is 0 Å². The van der Waals surface area contributed by atoms with Crippen molar-refractivity contribution in [3.05, 3.63) is 40.5 Å². The summed E-state index contributed by atoms with van der Waals surface area (Å²) in [6.07, 6.45) is -5.27. The van der Waals surface area contributed by atoms with Gasteiger partial charge in [0.2, 0.25) is 12.0 Å². The molecule has 0 fully saturated rings. The zero-order chi connectivity index (χ0) is 25.0. The summed E-state index contributed by atoms with van der Waals surface area (Å²) in [5, 5.41) is -2.02. The first-order chi connectivity index (χ1) is 14.9. The van der Waals surface area contributed by atoms with Crippen LogP contribution in [0.1, 0.15) is 89.8 Å². The standard InChI is InChI=1S/C22H30F4O3S.C2H6/c1-10(2)13-8-14(11(3)4)18(15(9-13)12(5)6)29-22(28-7)20(25)16(23)19(30-27)17(24)21(22)26;1-2/h8-12,16,19-20,27H,1-7H3;1-2H3/t16?,19?,20?,22-;/m1./s1. The number of hydrogen-bond donors (Lipinski definition) is 1. The van der Waals surface area contributed by atoms with E-state index in [1.54, 1.807) is 0 Å². The van der Waals surface area contributed by atoms with Gasteiger partial charge in [0.1, 0.15) is 11.0 Å². The van der Waals surface area contributed by atoms with E-state index in [9.17, 15) is 8.78 Å². The minimum absolute atomic E-state index is 0.0921. The van der Waals surface area contributed by atoms with Crippen LogP contribution >= 0.6 is 12.0 Å². The summed E-state index contributed by atoms with van der Waals surface area (Å²) < 4.78 is 79.1. The molecule has 0 bridgehead atoms. The van der Waals surface area contributed by atoms with Crippen molar-refractivity contribution in [2.24, 2.45) is 0 Å². The van der Waals surface area contributed by atoms with Gasteiger partial charge in [0.15, 0.2) is 12.0 Å². The van der Waals surface area contributed by atoms with E-state index in [-0.39, 0.29) is 35.5 Å². The van der Waals surface area contributed by atoms with Gasteiger partial charge in [-0.25, -0.2) is 17.6 Å². The van der Waals surface area contributed by atoms with E-state index in [1.165, 1.54) is 0 Å². The molecular formula is C24H36F4O3S. The van der Waals surface area contributed by atoms with Gasteiger partial charge in [-0.3, -0.25) is 0 Å². The third-order valence-electron chi connectivity index (χ3n) is 5.45. The Bertz CT molecular complexity index is 768. The molecule has 32 heavy (non-hydrogen) atoms. The molecule has 1 aromatic rings. The van der Waals surface area contributed by atoms with Crippen molar-refractivity contribution in [2.45, 2.75) is 96.5 Å². The van der Waals surface area contributed by atoms with E-state index in [0.29, 0.717) is 11.1 Å². The second-order valence-electron chi connectivity index (χ2n) is 8.50. The van der Waals surface area contributed by atoms with Crippen LogP contribution in [0.4, 0.5) is 17.6 Å². The molecule has 0 saturated carbocycles. The normalized spacial score (nSPS) is 26.0. The Hall–Kier alpha value is -1.25. The minimum atomic E-state index is -2.93. The smallest absolute Gasteiger partial charge is 0.300 e. The summed E-state index contributed by atoms with van der Waals surface area (Å²) in [7, 11) is 0.936. The van der Waals surface area contributed by atoms with Gasteiger partial charge in [-0.05, 0) is 34.4 Å². The Balaban J connectivity index is 0.00000249.